The number of carbonyl (C=O) groups excluding carboxylic acids is 2. The van der Waals surface area contributed by atoms with Crippen molar-refractivity contribution in [1.29, 1.82) is 5.26 Å². The van der Waals surface area contributed by atoms with Crippen LogP contribution in [0.25, 0.3) is 11.3 Å². The molecule has 8 nitrogen and oxygen atoms in total. The Hall–Kier alpha value is -2.86. The van der Waals surface area contributed by atoms with Gasteiger partial charge in [0.1, 0.15) is 11.9 Å². The lowest BCUT2D eigenvalue weighted by Crippen LogP contribution is -2.51. The molecule has 1 saturated heterocycles. The molecule has 3 unspecified atom stereocenters. The van der Waals surface area contributed by atoms with E-state index in [9.17, 15) is 14.9 Å². The minimum atomic E-state index is -0.752. The van der Waals surface area contributed by atoms with Crippen LogP contribution in [0.5, 0.6) is 0 Å². The molecule has 2 amide bonds. The van der Waals surface area contributed by atoms with Crippen LogP contribution < -0.4 is 5.32 Å². The number of nitriles is 1. The van der Waals surface area contributed by atoms with Crippen molar-refractivity contribution in [3.63, 3.8) is 0 Å². The van der Waals surface area contributed by atoms with Crippen molar-refractivity contribution in [2.75, 3.05) is 13.7 Å². The summed E-state index contributed by atoms with van der Waals surface area (Å²) in [5, 5.41) is 12.1. The van der Waals surface area contributed by atoms with E-state index in [1.54, 1.807) is 11.1 Å². The number of H-pyrrole nitrogens is 1. The van der Waals surface area contributed by atoms with Gasteiger partial charge in [-0.25, -0.2) is 9.78 Å². The second-order valence-corrected chi connectivity index (χ2v) is 8.53. The maximum Gasteiger partial charge on any atom is 0.407 e. The molecule has 0 radical (unpaired) electrons. The van der Waals surface area contributed by atoms with Crippen LogP contribution in [0.15, 0.2) is 34.9 Å². The highest BCUT2D eigenvalue weighted by atomic mass is 79.9. The Balaban J connectivity index is 1.87. The standard InChI is InChI=1S/C21H24BrN5O3/c1-12(2)18(26-21(29)30-3)20(28)27-11-13(9-23)8-17(27)19-24-10-16(25-19)14-4-6-15(22)7-5-14/h4-7,10,12-13,17-18H,8,11H2,1-3H3,(H,24,25)(H,26,29). The first kappa shape index (κ1) is 21.8. The molecule has 2 heterocycles. The van der Waals surface area contributed by atoms with E-state index in [1.807, 2.05) is 38.1 Å². The van der Waals surface area contributed by atoms with Crippen molar-refractivity contribution in [3.8, 4) is 17.3 Å². The van der Waals surface area contributed by atoms with Crippen LogP contribution in [-0.2, 0) is 9.53 Å². The molecule has 30 heavy (non-hydrogen) atoms. The third-order valence-electron chi connectivity index (χ3n) is 5.22. The summed E-state index contributed by atoms with van der Waals surface area (Å²) in [4.78, 5) is 34.5. The summed E-state index contributed by atoms with van der Waals surface area (Å²) in [5.41, 5.74) is 1.80. The van der Waals surface area contributed by atoms with Gasteiger partial charge in [-0.3, -0.25) is 4.79 Å². The Bertz CT molecular complexity index is 950. The van der Waals surface area contributed by atoms with Crippen molar-refractivity contribution >= 4 is 27.9 Å². The lowest BCUT2D eigenvalue weighted by molar-refractivity contribution is -0.135. The van der Waals surface area contributed by atoms with Crippen LogP contribution >= 0.6 is 15.9 Å². The number of aromatic nitrogens is 2. The number of hydrogen-bond donors (Lipinski definition) is 2. The van der Waals surface area contributed by atoms with Crippen molar-refractivity contribution in [3.05, 3.63) is 40.8 Å². The molecule has 2 aromatic rings. The van der Waals surface area contributed by atoms with Gasteiger partial charge in [-0.1, -0.05) is 41.9 Å². The molecule has 0 spiro atoms. The summed E-state index contributed by atoms with van der Waals surface area (Å²) in [5.74, 6) is -0.0706. The molecule has 0 saturated carbocycles. The quantitative estimate of drug-likeness (QED) is 0.688. The summed E-state index contributed by atoms with van der Waals surface area (Å²) in [6.07, 6.45) is 1.55. The van der Waals surface area contributed by atoms with Crippen molar-refractivity contribution in [2.45, 2.75) is 32.4 Å². The maximum atomic E-state index is 13.3. The minimum absolute atomic E-state index is 0.145. The second-order valence-electron chi connectivity index (χ2n) is 7.61. The predicted octanol–water partition coefficient (Wildman–Crippen LogP) is 3.63. The monoisotopic (exact) mass is 473 g/mol. The molecule has 1 aliphatic rings. The topological polar surface area (TPSA) is 111 Å². The molecule has 158 valence electrons. The SMILES string of the molecule is COC(=O)NC(C(=O)N1CC(C#N)CC1c1ncc(-c2ccc(Br)cc2)[nH]1)C(C)C. The van der Waals surface area contributed by atoms with Crippen LogP contribution in [0.1, 0.15) is 32.1 Å². The molecule has 3 atom stereocenters. The number of imidazole rings is 1. The summed E-state index contributed by atoms with van der Waals surface area (Å²) in [7, 11) is 1.26. The van der Waals surface area contributed by atoms with E-state index in [0.717, 1.165) is 15.7 Å². The number of halogens is 1. The number of alkyl carbamates (subject to hydrolysis) is 1. The first-order valence-corrected chi connectivity index (χ1v) is 10.5. The third kappa shape index (κ3) is 4.65. The molecule has 1 aromatic heterocycles. The Kier molecular flexibility index (Phi) is 6.77. The fourth-order valence-corrected chi connectivity index (χ4v) is 3.86. The second kappa shape index (κ2) is 9.30. The third-order valence-corrected chi connectivity index (χ3v) is 5.75. The van der Waals surface area contributed by atoms with Gasteiger partial charge in [0.05, 0.1) is 37.0 Å². The number of amides is 2. The maximum absolute atomic E-state index is 13.3. The van der Waals surface area contributed by atoms with E-state index in [4.69, 9.17) is 0 Å². The number of benzene rings is 1. The Morgan fingerprint density at radius 2 is 2.07 bits per heavy atom. The normalized spacial score (nSPS) is 19.4. The van der Waals surface area contributed by atoms with Gasteiger partial charge < -0.3 is 19.9 Å². The zero-order valence-corrected chi connectivity index (χ0v) is 18.6. The first-order valence-electron chi connectivity index (χ1n) is 9.69. The number of likely N-dealkylation sites (tertiary alicyclic amines) is 1. The Morgan fingerprint density at radius 3 is 2.67 bits per heavy atom. The van der Waals surface area contributed by atoms with Gasteiger partial charge >= 0.3 is 6.09 Å². The molecule has 3 rings (SSSR count). The van der Waals surface area contributed by atoms with Crippen molar-refractivity contribution < 1.29 is 14.3 Å². The number of hydrogen-bond acceptors (Lipinski definition) is 5. The van der Waals surface area contributed by atoms with Gasteiger partial charge in [0.2, 0.25) is 5.91 Å². The summed E-state index contributed by atoms with van der Waals surface area (Å²) in [6.45, 7) is 3.99. The van der Waals surface area contributed by atoms with Crippen LogP contribution in [-0.4, -0.2) is 46.6 Å². The van der Waals surface area contributed by atoms with Crippen LogP contribution in [0.3, 0.4) is 0 Å². The fourth-order valence-electron chi connectivity index (χ4n) is 3.59. The molecule has 2 N–H and O–H groups in total. The van der Waals surface area contributed by atoms with E-state index in [-0.39, 0.29) is 23.8 Å². The van der Waals surface area contributed by atoms with E-state index in [0.29, 0.717) is 18.8 Å². The van der Waals surface area contributed by atoms with Gasteiger partial charge in [0.15, 0.2) is 0 Å². The van der Waals surface area contributed by atoms with Gasteiger partial charge in [-0.15, -0.1) is 0 Å². The Morgan fingerprint density at radius 1 is 1.37 bits per heavy atom. The molecule has 1 aromatic carbocycles. The average Bonchev–Trinajstić information content (AvgIpc) is 3.38. The smallest absolute Gasteiger partial charge is 0.407 e. The number of carbonyl (C=O) groups is 2. The molecule has 1 fully saturated rings. The summed E-state index contributed by atoms with van der Waals surface area (Å²) >= 11 is 3.42. The van der Waals surface area contributed by atoms with E-state index in [1.165, 1.54) is 7.11 Å². The zero-order chi connectivity index (χ0) is 21.8. The van der Waals surface area contributed by atoms with Gasteiger partial charge in [0.25, 0.3) is 0 Å². The fraction of sp³-hybridized carbons (Fsp3) is 0.429. The molecule has 1 aliphatic heterocycles. The molecule has 9 heteroatoms. The first-order chi connectivity index (χ1) is 14.3. The van der Waals surface area contributed by atoms with Gasteiger partial charge in [-0.2, -0.15) is 5.26 Å². The van der Waals surface area contributed by atoms with Crippen LogP contribution in [0.4, 0.5) is 4.79 Å². The predicted molar refractivity (Wildman–Crippen MR) is 114 cm³/mol. The minimum Gasteiger partial charge on any atom is -0.453 e. The number of aromatic amines is 1. The number of nitrogens with zero attached hydrogens (tertiary/aromatic N) is 3. The lowest BCUT2D eigenvalue weighted by Gasteiger charge is -2.29. The number of ether oxygens (including phenoxy) is 1. The van der Waals surface area contributed by atoms with E-state index < -0.39 is 12.1 Å². The summed E-state index contributed by atoms with van der Waals surface area (Å²) < 4.78 is 5.64. The molecular weight excluding hydrogens is 450 g/mol. The highest BCUT2D eigenvalue weighted by Gasteiger charge is 2.41. The van der Waals surface area contributed by atoms with Crippen molar-refractivity contribution in [1.82, 2.24) is 20.2 Å². The highest BCUT2D eigenvalue weighted by molar-refractivity contribution is 9.10. The molecule has 0 bridgehead atoms. The van der Waals surface area contributed by atoms with Crippen LogP contribution in [0, 0.1) is 23.2 Å². The van der Waals surface area contributed by atoms with Gasteiger partial charge in [-0.05, 0) is 30.0 Å². The summed E-state index contributed by atoms with van der Waals surface area (Å²) in [6, 6.07) is 8.96. The van der Waals surface area contributed by atoms with Crippen LogP contribution in [0.2, 0.25) is 0 Å². The number of methoxy groups -OCH3 is 1. The highest BCUT2D eigenvalue weighted by Crippen LogP contribution is 2.35. The van der Waals surface area contributed by atoms with E-state index in [2.05, 4.69) is 42.0 Å². The number of rotatable bonds is 5. The lowest BCUT2D eigenvalue weighted by atomic mass is 10.0. The average molecular weight is 474 g/mol. The zero-order valence-electron chi connectivity index (χ0n) is 17.1. The molecule has 0 aliphatic carbocycles. The van der Waals surface area contributed by atoms with Crippen molar-refractivity contribution in [2.24, 2.45) is 11.8 Å². The molecular formula is C21H24BrN5O3. The number of nitrogens with one attached hydrogen (secondary N) is 2. The Labute approximate surface area is 183 Å². The largest absolute Gasteiger partial charge is 0.453 e. The van der Waals surface area contributed by atoms with E-state index >= 15 is 0 Å². The van der Waals surface area contributed by atoms with Gasteiger partial charge in [0, 0.05) is 11.0 Å².